The zero-order valence-electron chi connectivity index (χ0n) is 12.8. The number of aromatic nitrogens is 1. The molecule has 0 aliphatic heterocycles. The molecular formula is C17H20ClN3O. The molecule has 0 saturated heterocycles. The maximum absolute atomic E-state index is 11.8. The van der Waals surface area contributed by atoms with E-state index in [9.17, 15) is 4.79 Å². The van der Waals surface area contributed by atoms with Crippen LogP contribution in [0.3, 0.4) is 0 Å². The van der Waals surface area contributed by atoms with Crippen molar-refractivity contribution in [3.8, 4) is 0 Å². The number of nitrogens with zero attached hydrogens (tertiary/aromatic N) is 1. The number of nitrogens with one attached hydrogen (secondary N) is 2. The average Bonchev–Trinajstić information content (AvgIpc) is 2.47. The molecule has 22 heavy (non-hydrogen) atoms. The predicted octanol–water partition coefficient (Wildman–Crippen LogP) is 3.53. The van der Waals surface area contributed by atoms with Crippen LogP contribution in [0.15, 0.2) is 42.6 Å². The summed E-state index contributed by atoms with van der Waals surface area (Å²) >= 11 is 5.96. The van der Waals surface area contributed by atoms with Crippen molar-refractivity contribution in [2.75, 3.05) is 11.9 Å². The smallest absolute Gasteiger partial charge is 0.270 e. The van der Waals surface area contributed by atoms with Crippen molar-refractivity contribution in [1.29, 1.82) is 0 Å². The molecule has 0 unspecified atom stereocenters. The van der Waals surface area contributed by atoms with E-state index in [0.29, 0.717) is 5.69 Å². The minimum Gasteiger partial charge on any atom is -0.383 e. The summed E-state index contributed by atoms with van der Waals surface area (Å²) in [5.74, 6) is -0.152. The Hall–Kier alpha value is -2.07. The van der Waals surface area contributed by atoms with Crippen LogP contribution in [0.1, 0.15) is 29.9 Å². The first-order valence-electron chi connectivity index (χ1n) is 7.30. The van der Waals surface area contributed by atoms with Gasteiger partial charge in [-0.05, 0) is 50.1 Å². The Morgan fingerprint density at radius 1 is 1.27 bits per heavy atom. The molecule has 2 aromatic rings. The molecule has 116 valence electrons. The van der Waals surface area contributed by atoms with Crippen LogP contribution < -0.4 is 10.6 Å². The summed E-state index contributed by atoms with van der Waals surface area (Å²) in [6, 6.07) is 11.5. The number of benzene rings is 1. The molecule has 5 heteroatoms. The summed E-state index contributed by atoms with van der Waals surface area (Å²) in [4.78, 5) is 16.0. The lowest BCUT2D eigenvalue weighted by atomic mass is 10.1. The standard InChI is InChI=1S/C17H20ClN3O/c1-12(2)21-17(22)16-7-6-15(11-20-16)19-9-8-13-4-3-5-14(18)10-13/h3-7,10-12,19H,8-9H2,1-2H3,(H,21,22). The highest BCUT2D eigenvalue weighted by atomic mass is 35.5. The molecule has 2 rings (SSSR count). The van der Waals surface area contributed by atoms with Crippen molar-refractivity contribution in [3.05, 3.63) is 58.9 Å². The van der Waals surface area contributed by atoms with E-state index >= 15 is 0 Å². The van der Waals surface area contributed by atoms with Gasteiger partial charge in [0.05, 0.1) is 11.9 Å². The van der Waals surface area contributed by atoms with Gasteiger partial charge in [0, 0.05) is 17.6 Å². The Labute approximate surface area is 135 Å². The molecule has 0 spiro atoms. The first-order chi connectivity index (χ1) is 10.5. The summed E-state index contributed by atoms with van der Waals surface area (Å²) in [5, 5.41) is 6.85. The second-order valence-corrected chi connectivity index (χ2v) is 5.80. The van der Waals surface area contributed by atoms with Crippen LogP contribution in [0, 0.1) is 0 Å². The summed E-state index contributed by atoms with van der Waals surface area (Å²) < 4.78 is 0. The van der Waals surface area contributed by atoms with Crippen LogP contribution in [0.5, 0.6) is 0 Å². The number of amides is 1. The number of hydrogen-bond acceptors (Lipinski definition) is 3. The maximum Gasteiger partial charge on any atom is 0.270 e. The number of carbonyl (C=O) groups excluding carboxylic acids is 1. The first-order valence-corrected chi connectivity index (χ1v) is 7.67. The van der Waals surface area contributed by atoms with Crippen LogP contribution >= 0.6 is 11.6 Å². The normalized spacial score (nSPS) is 10.5. The lowest BCUT2D eigenvalue weighted by Gasteiger charge is -2.09. The van der Waals surface area contributed by atoms with Gasteiger partial charge in [0.25, 0.3) is 5.91 Å². The Kier molecular flexibility index (Phi) is 5.78. The van der Waals surface area contributed by atoms with Crippen molar-refractivity contribution < 1.29 is 4.79 Å². The van der Waals surface area contributed by atoms with Gasteiger partial charge in [-0.15, -0.1) is 0 Å². The molecule has 0 bridgehead atoms. The second kappa shape index (κ2) is 7.80. The molecule has 0 fully saturated rings. The number of hydrogen-bond donors (Lipinski definition) is 2. The molecule has 0 aliphatic rings. The van der Waals surface area contributed by atoms with Crippen LogP contribution in [0.2, 0.25) is 5.02 Å². The van der Waals surface area contributed by atoms with Crippen molar-refractivity contribution in [2.45, 2.75) is 26.3 Å². The fraction of sp³-hybridized carbons (Fsp3) is 0.294. The third kappa shape index (κ3) is 5.04. The highest BCUT2D eigenvalue weighted by Gasteiger charge is 2.07. The Morgan fingerprint density at radius 2 is 2.09 bits per heavy atom. The minimum atomic E-state index is -0.152. The molecule has 0 aliphatic carbocycles. The zero-order chi connectivity index (χ0) is 15.9. The average molecular weight is 318 g/mol. The number of halogens is 1. The molecule has 0 radical (unpaired) electrons. The van der Waals surface area contributed by atoms with Crippen molar-refractivity contribution in [2.24, 2.45) is 0 Å². The predicted molar refractivity (Wildman–Crippen MR) is 90.5 cm³/mol. The fourth-order valence-electron chi connectivity index (χ4n) is 2.01. The van der Waals surface area contributed by atoms with Crippen LogP contribution in [0.4, 0.5) is 5.69 Å². The van der Waals surface area contributed by atoms with Crippen LogP contribution in [-0.4, -0.2) is 23.5 Å². The molecular weight excluding hydrogens is 298 g/mol. The van der Waals surface area contributed by atoms with Gasteiger partial charge in [-0.3, -0.25) is 4.79 Å². The lowest BCUT2D eigenvalue weighted by molar-refractivity contribution is 0.0938. The molecule has 1 aromatic heterocycles. The highest BCUT2D eigenvalue weighted by molar-refractivity contribution is 6.30. The first kappa shape index (κ1) is 16.3. The van der Waals surface area contributed by atoms with Gasteiger partial charge in [0.15, 0.2) is 0 Å². The quantitative estimate of drug-likeness (QED) is 0.857. The SMILES string of the molecule is CC(C)NC(=O)c1ccc(NCCc2cccc(Cl)c2)cn1. The molecule has 1 amide bonds. The third-order valence-corrected chi connectivity index (χ3v) is 3.28. The van der Waals surface area contributed by atoms with E-state index in [1.807, 2.05) is 44.2 Å². The van der Waals surface area contributed by atoms with Gasteiger partial charge in [0.2, 0.25) is 0 Å². The summed E-state index contributed by atoms with van der Waals surface area (Å²) in [6.07, 6.45) is 2.54. The molecule has 1 heterocycles. The van der Waals surface area contributed by atoms with E-state index in [-0.39, 0.29) is 11.9 Å². The lowest BCUT2D eigenvalue weighted by Crippen LogP contribution is -2.30. The van der Waals surface area contributed by atoms with Crippen molar-refractivity contribution in [3.63, 3.8) is 0 Å². The summed E-state index contributed by atoms with van der Waals surface area (Å²) in [7, 11) is 0. The van der Waals surface area contributed by atoms with Gasteiger partial charge in [-0.2, -0.15) is 0 Å². The van der Waals surface area contributed by atoms with E-state index in [2.05, 4.69) is 15.6 Å². The van der Waals surface area contributed by atoms with Crippen LogP contribution in [0.25, 0.3) is 0 Å². The minimum absolute atomic E-state index is 0.102. The van der Waals surface area contributed by atoms with Gasteiger partial charge in [0.1, 0.15) is 5.69 Å². The maximum atomic E-state index is 11.8. The molecule has 0 saturated carbocycles. The topological polar surface area (TPSA) is 54.0 Å². The highest BCUT2D eigenvalue weighted by Crippen LogP contribution is 2.12. The summed E-state index contributed by atoms with van der Waals surface area (Å²) in [6.45, 7) is 4.62. The van der Waals surface area contributed by atoms with Crippen molar-refractivity contribution >= 4 is 23.2 Å². The van der Waals surface area contributed by atoms with Gasteiger partial charge < -0.3 is 10.6 Å². The molecule has 0 atom stereocenters. The van der Waals surface area contributed by atoms with Crippen molar-refractivity contribution in [1.82, 2.24) is 10.3 Å². The fourth-order valence-corrected chi connectivity index (χ4v) is 2.23. The number of carbonyl (C=O) groups is 1. The van der Waals surface area contributed by atoms with E-state index in [0.717, 1.165) is 23.7 Å². The number of pyridine rings is 1. The molecule has 2 N–H and O–H groups in total. The van der Waals surface area contributed by atoms with Gasteiger partial charge in [-0.1, -0.05) is 23.7 Å². The third-order valence-electron chi connectivity index (χ3n) is 3.05. The Bertz CT molecular complexity index is 626. The van der Waals surface area contributed by atoms with E-state index < -0.39 is 0 Å². The van der Waals surface area contributed by atoms with E-state index in [1.54, 1.807) is 12.3 Å². The number of anilines is 1. The Morgan fingerprint density at radius 3 is 2.73 bits per heavy atom. The van der Waals surface area contributed by atoms with E-state index in [1.165, 1.54) is 5.56 Å². The summed E-state index contributed by atoms with van der Waals surface area (Å²) in [5.41, 5.74) is 2.50. The van der Waals surface area contributed by atoms with Gasteiger partial charge >= 0.3 is 0 Å². The molecule has 1 aromatic carbocycles. The monoisotopic (exact) mass is 317 g/mol. The van der Waals surface area contributed by atoms with E-state index in [4.69, 9.17) is 11.6 Å². The second-order valence-electron chi connectivity index (χ2n) is 5.37. The largest absolute Gasteiger partial charge is 0.383 e. The Balaban J connectivity index is 1.85. The number of rotatable bonds is 6. The van der Waals surface area contributed by atoms with Crippen LogP contribution in [-0.2, 0) is 6.42 Å². The zero-order valence-corrected chi connectivity index (χ0v) is 13.5. The molecule has 4 nitrogen and oxygen atoms in total. The van der Waals surface area contributed by atoms with Gasteiger partial charge in [-0.25, -0.2) is 4.98 Å².